The summed E-state index contributed by atoms with van der Waals surface area (Å²) in [5.41, 5.74) is 2.04. The Hall–Kier alpha value is -3.40. The minimum absolute atomic E-state index is 0.00578. The number of aromatic nitrogens is 3. The fourth-order valence-corrected chi connectivity index (χ4v) is 4.48. The molecule has 3 aromatic rings. The zero-order chi connectivity index (χ0) is 19.3. The second kappa shape index (κ2) is 6.06. The lowest BCUT2D eigenvalue weighted by Gasteiger charge is -2.30. The minimum Gasteiger partial charge on any atom is -0.354 e. The summed E-state index contributed by atoms with van der Waals surface area (Å²) in [4.78, 5) is 29.1. The van der Waals surface area contributed by atoms with Crippen molar-refractivity contribution in [3.63, 3.8) is 0 Å². The summed E-state index contributed by atoms with van der Waals surface area (Å²) >= 11 is 0. The van der Waals surface area contributed by atoms with Crippen molar-refractivity contribution in [1.29, 1.82) is 5.26 Å². The van der Waals surface area contributed by atoms with Crippen LogP contribution in [0.4, 0.5) is 5.82 Å². The third-order valence-corrected chi connectivity index (χ3v) is 6.16. The number of H-pyrrole nitrogens is 1. The Bertz CT molecular complexity index is 1110. The first-order valence-electron chi connectivity index (χ1n) is 9.42. The van der Waals surface area contributed by atoms with Crippen LogP contribution in [0.3, 0.4) is 0 Å². The van der Waals surface area contributed by atoms with Gasteiger partial charge in [-0.25, -0.2) is 9.97 Å². The molecule has 0 bridgehead atoms. The maximum Gasteiger partial charge on any atom is 0.253 e. The van der Waals surface area contributed by atoms with Crippen molar-refractivity contribution in [3.05, 3.63) is 54.0 Å². The van der Waals surface area contributed by atoms with E-state index in [9.17, 15) is 4.79 Å². The number of amides is 1. The summed E-state index contributed by atoms with van der Waals surface area (Å²) in [5, 5.41) is 10.1. The van der Waals surface area contributed by atoms with E-state index in [1.807, 2.05) is 17.2 Å². The first-order chi connectivity index (χ1) is 13.6. The van der Waals surface area contributed by atoms with Gasteiger partial charge in [0, 0.05) is 37.3 Å². The van der Waals surface area contributed by atoms with Crippen molar-refractivity contribution in [2.75, 3.05) is 25.0 Å². The van der Waals surface area contributed by atoms with Gasteiger partial charge in [0.2, 0.25) is 0 Å². The number of hydrogen-bond acceptors (Lipinski definition) is 5. The van der Waals surface area contributed by atoms with Gasteiger partial charge in [0.25, 0.3) is 5.91 Å². The predicted molar refractivity (Wildman–Crippen MR) is 105 cm³/mol. The number of nitriles is 1. The Kier molecular flexibility index (Phi) is 3.63. The Morgan fingerprint density at radius 3 is 3.00 bits per heavy atom. The highest BCUT2D eigenvalue weighted by molar-refractivity contribution is 5.95. The molecule has 1 N–H and O–H groups in total. The molecule has 140 valence electrons. The lowest BCUT2D eigenvalue weighted by molar-refractivity contribution is 0.0784. The summed E-state index contributed by atoms with van der Waals surface area (Å²) < 4.78 is 0. The number of fused-ring (bicyclic) bond motifs is 1. The smallest absolute Gasteiger partial charge is 0.253 e. The van der Waals surface area contributed by atoms with Crippen molar-refractivity contribution < 1.29 is 4.79 Å². The predicted octanol–water partition coefficient (Wildman–Crippen LogP) is 2.57. The Morgan fingerprint density at radius 2 is 2.21 bits per heavy atom. The first kappa shape index (κ1) is 16.8. The zero-order valence-corrected chi connectivity index (χ0v) is 15.6. The van der Waals surface area contributed by atoms with Gasteiger partial charge >= 0.3 is 0 Å². The molecule has 1 aliphatic heterocycles. The number of aromatic amines is 1. The first-order valence-corrected chi connectivity index (χ1v) is 9.42. The van der Waals surface area contributed by atoms with Gasteiger partial charge in [0.05, 0.1) is 23.1 Å². The van der Waals surface area contributed by atoms with E-state index in [1.54, 1.807) is 30.6 Å². The fraction of sp³-hybridized carbons (Fsp3) is 0.333. The molecule has 28 heavy (non-hydrogen) atoms. The van der Waals surface area contributed by atoms with Crippen LogP contribution in [-0.2, 0) is 0 Å². The molecule has 0 radical (unpaired) electrons. The number of rotatable bonds is 3. The van der Waals surface area contributed by atoms with Gasteiger partial charge < -0.3 is 14.8 Å². The Morgan fingerprint density at radius 1 is 1.36 bits per heavy atom. The molecule has 7 nitrogen and oxygen atoms in total. The van der Waals surface area contributed by atoms with Crippen LogP contribution in [0.15, 0.2) is 42.9 Å². The Labute approximate surface area is 162 Å². The minimum atomic E-state index is -0.00578. The number of benzene rings is 1. The molecule has 7 heteroatoms. The van der Waals surface area contributed by atoms with E-state index in [-0.39, 0.29) is 17.4 Å². The van der Waals surface area contributed by atoms with Crippen LogP contribution in [0.25, 0.3) is 11.0 Å². The molecule has 1 unspecified atom stereocenters. The second-order valence-electron chi connectivity index (χ2n) is 7.80. The van der Waals surface area contributed by atoms with E-state index < -0.39 is 0 Å². The van der Waals surface area contributed by atoms with E-state index in [2.05, 4.69) is 33.0 Å². The van der Waals surface area contributed by atoms with Crippen molar-refractivity contribution in [1.82, 2.24) is 19.9 Å². The topological polar surface area (TPSA) is 88.9 Å². The summed E-state index contributed by atoms with van der Waals surface area (Å²) in [6, 6.07) is 11.3. The molecule has 2 fully saturated rings. The monoisotopic (exact) mass is 372 g/mol. The summed E-state index contributed by atoms with van der Waals surface area (Å²) in [5.74, 6) is 0.886. The standard InChI is InChI=1S/C21H20N6O/c1-26(19-16-5-8-23-18(16)24-13-25-19)17-11-27(12-21(17)6-7-21)20(28)15-4-2-3-14(9-15)10-22/h2-5,8-9,13,17H,6-7,11-12H2,1H3,(H,23,24,25). The highest BCUT2D eigenvalue weighted by Crippen LogP contribution is 2.55. The molecular formula is C21H20N6O. The van der Waals surface area contributed by atoms with E-state index >= 15 is 0 Å². The van der Waals surface area contributed by atoms with E-state index in [0.29, 0.717) is 17.7 Å². The van der Waals surface area contributed by atoms with E-state index in [0.717, 1.165) is 36.2 Å². The molecule has 1 aromatic carbocycles. The average molecular weight is 372 g/mol. The maximum atomic E-state index is 13.1. The number of anilines is 1. The quantitative estimate of drug-likeness (QED) is 0.763. The van der Waals surface area contributed by atoms with Gasteiger partial charge in [-0.15, -0.1) is 0 Å². The summed E-state index contributed by atoms with van der Waals surface area (Å²) in [6.07, 6.45) is 5.68. The molecular weight excluding hydrogens is 352 g/mol. The summed E-state index contributed by atoms with van der Waals surface area (Å²) in [7, 11) is 2.06. The van der Waals surface area contributed by atoms with Gasteiger partial charge in [0.15, 0.2) is 0 Å². The fourth-order valence-electron chi connectivity index (χ4n) is 4.48. The van der Waals surface area contributed by atoms with Crippen LogP contribution >= 0.6 is 0 Å². The second-order valence-corrected chi connectivity index (χ2v) is 7.80. The number of carbonyl (C=O) groups excluding carboxylic acids is 1. The lowest BCUT2D eigenvalue weighted by atomic mass is 9.99. The third kappa shape index (κ3) is 2.53. The third-order valence-electron chi connectivity index (χ3n) is 6.16. The molecule has 1 saturated heterocycles. The Balaban J connectivity index is 1.43. The van der Waals surface area contributed by atoms with Crippen molar-refractivity contribution in [3.8, 4) is 6.07 Å². The average Bonchev–Trinajstić information content (AvgIpc) is 3.16. The van der Waals surface area contributed by atoms with E-state index in [1.165, 1.54) is 0 Å². The lowest BCUT2D eigenvalue weighted by Crippen LogP contribution is -2.40. The van der Waals surface area contributed by atoms with Crippen molar-refractivity contribution in [2.45, 2.75) is 18.9 Å². The molecule has 1 atom stereocenters. The van der Waals surface area contributed by atoms with Gasteiger partial charge in [-0.1, -0.05) is 6.07 Å². The highest BCUT2D eigenvalue weighted by Gasteiger charge is 2.57. The molecule has 1 amide bonds. The summed E-state index contributed by atoms with van der Waals surface area (Å²) in [6.45, 7) is 1.40. The zero-order valence-electron chi connectivity index (χ0n) is 15.6. The van der Waals surface area contributed by atoms with Crippen LogP contribution in [0, 0.1) is 16.7 Å². The number of likely N-dealkylation sites (tertiary alicyclic amines) is 1. The van der Waals surface area contributed by atoms with Crippen molar-refractivity contribution in [2.24, 2.45) is 5.41 Å². The van der Waals surface area contributed by atoms with Crippen LogP contribution < -0.4 is 4.90 Å². The van der Waals surface area contributed by atoms with Crippen LogP contribution in [0.5, 0.6) is 0 Å². The van der Waals surface area contributed by atoms with Crippen LogP contribution in [0.2, 0.25) is 0 Å². The van der Waals surface area contributed by atoms with Crippen LogP contribution in [-0.4, -0.2) is 51.9 Å². The van der Waals surface area contributed by atoms with Crippen LogP contribution in [0.1, 0.15) is 28.8 Å². The SMILES string of the molecule is CN(c1ncnc2[nH]ccc12)C1CN(C(=O)c2cccc(C#N)c2)CC12CC2. The largest absolute Gasteiger partial charge is 0.354 e. The van der Waals surface area contributed by atoms with Crippen molar-refractivity contribution >= 4 is 22.8 Å². The molecule has 5 rings (SSSR count). The number of nitrogens with one attached hydrogen (secondary N) is 1. The molecule has 1 saturated carbocycles. The van der Waals surface area contributed by atoms with Gasteiger partial charge in [0.1, 0.15) is 17.8 Å². The molecule has 3 heterocycles. The number of hydrogen-bond donors (Lipinski definition) is 1. The maximum absolute atomic E-state index is 13.1. The highest BCUT2D eigenvalue weighted by atomic mass is 16.2. The normalized spacial score (nSPS) is 19.7. The number of nitrogens with zero attached hydrogens (tertiary/aromatic N) is 5. The molecule has 1 aliphatic carbocycles. The van der Waals surface area contributed by atoms with E-state index in [4.69, 9.17) is 5.26 Å². The molecule has 2 aliphatic rings. The van der Waals surface area contributed by atoms with Gasteiger partial charge in [-0.3, -0.25) is 4.79 Å². The molecule has 1 spiro atoms. The van der Waals surface area contributed by atoms with Gasteiger partial charge in [-0.2, -0.15) is 5.26 Å². The molecule has 2 aromatic heterocycles. The van der Waals surface area contributed by atoms with Gasteiger partial charge in [-0.05, 0) is 37.1 Å². The number of carbonyl (C=O) groups is 1. The number of likely N-dealkylation sites (N-methyl/N-ethyl adjacent to an activating group) is 1.